The summed E-state index contributed by atoms with van der Waals surface area (Å²) in [7, 11) is 0. The summed E-state index contributed by atoms with van der Waals surface area (Å²) in [5, 5.41) is 12.1. The number of benzene rings is 1. The van der Waals surface area contributed by atoms with E-state index in [1.807, 2.05) is 6.07 Å². The van der Waals surface area contributed by atoms with Gasteiger partial charge in [0.15, 0.2) is 5.69 Å². The molecule has 2 aromatic heterocycles. The zero-order chi connectivity index (χ0) is 23.8. The molecule has 1 N–H and O–H groups in total. The first-order valence-electron chi connectivity index (χ1n) is 9.81. The van der Waals surface area contributed by atoms with Crippen molar-refractivity contribution in [2.45, 2.75) is 19.5 Å². The maximum Gasteiger partial charge on any atom is 0.416 e. The fraction of sp³-hybridized carbons (Fsp3) is 0.174. The van der Waals surface area contributed by atoms with E-state index in [1.54, 1.807) is 31.3 Å². The number of hydrogen-bond acceptors (Lipinski definition) is 5. The molecule has 0 spiro atoms. The summed E-state index contributed by atoms with van der Waals surface area (Å²) >= 11 is 0. The Kier molecular flexibility index (Phi) is 5.55. The molecule has 1 aliphatic heterocycles. The summed E-state index contributed by atoms with van der Waals surface area (Å²) in [6, 6.07) is 11.0. The third-order valence-electron chi connectivity index (χ3n) is 5.09. The predicted octanol–water partition coefficient (Wildman–Crippen LogP) is 3.87. The molecule has 7 nitrogen and oxygen atoms in total. The summed E-state index contributed by atoms with van der Waals surface area (Å²) in [6.45, 7) is 1.26. The summed E-state index contributed by atoms with van der Waals surface area (Å²) in [5.74, 6) is -0.999. The van der Waals surface area contributed by atoms with Crippen LogP contribution in [0.2, 0.25) is 0 Å². The second kappa shape index (κ2) is 8.35. The van der Waals surface area contributed by atoms with Crippen molar-refractivity contribution in [3.8, 4) is 17.3 Å². The van der Waals surface area contributed by atoms with E-state index in [2.05, 4.69) is 15.3 Å². The molecule has 0 saturated heterocycles. The minimum atomic E-state index is -4.49. The molecule has 0 fully saturated rings. The van der Waals surface area contributed by atoms with Crippen molar-refractivity contribution in [2.75, 3.05) is 16.8 Å². The first-order valence-corrected chi connectivity index (χ1v) is 9.81. The van der Waals surface area contributed by atoms with E-state index in [0.29, 0.717) is 28.2 Å². The lowest BCUT2D eigenvalue weighted by molar-refractivity contribution is -0.137. The lowest BCUT2D eigenvalue weighted by atomic mass is 10.0. The number of pyridine rings is 2. The SMILES string of the molecule is Cc1cc2c(c(C#N)n1)-c1ncccc1CC(=O)N2CC(=O)Nc1ccc(C(F)(F)F)cc1. The number of alkyl halides is 3. The minimum Gasteiger partial charge on any atom is -0.325 e. The minimum absolute atomic E-state index is 0.0463. The second-order valence-electron chi connectivity index (χ2n) is 7.41. The summed E-state index contributed by atoms with van der Waals surface area (Å²) in [4.78, 5) is 35.6. The van der Waals surface area contributed by atoms with Crippen molar-refractivity contribution in [1.82, 2.24) is 9.97 Å². The van der Waals surface area contributed by atoms with Gasteiger partial charge in [0.25, 0.3) is 0 Å². The van der Waals surface area contributed by atoms with Crippen LogP contribution in [-0.2, 0) is 22.2 Å². The predicted molar refractivity (Wildman–Crippen MR) is 113 cm³/mol. The monoisotopic (exact) mass is 451 g/mol. The van der Waals surface area contributed by atoms with E-state index in [0.717, 1.165) is 24.3 Å². The molecule has 0 bridgehead atoms. The van der Waals surface area contributed by atoms with Crippen LogP contribution in [0, 0.1) is 18.3 Å². The number of nitrogens with zero attached hydrogens (tertiary/aromatic N) is 4. The standard InChI is InChI=1S/C23H16F3N5O2/c1-13-9-18-21(17(11-27)29-13)22-14(3-2-8-28-22)10-20(33)31(18)12-19(32)30-16-6-4-15(5-7-16)23(24,25)26/h2-9H,10,12H2,1H3,(H,30,32). The molecule has 1 aromatic carbocycles. The van der Waals surface area contributed by atoms with Crippen LogP contribution >= 0.6 is 0 Å². The molecule has 3 heterocycles. The Morgan fingerprint density at radius 3 is 2.64 bits per heavy atom. The molecule has 4 rings (SSSR count). The van der Waals surface area contributed by atoms with Crippen LogP contribution in [-0.4, -0.2) is 28.3 Å². The third kappa shape index (κ3) is 4.39. The van der Waals surface area contributed by atoms with E-state index in [1.165, 1.54) is 4.90 Å². The van der Waals surface area contributed by atoms with Crippen molar-refractivity contribution < 1.29 is 22.8 Å². The van der Waals surface area contributed by atoms with Crippen LogP contribution in [0.25, 0.3) is 11.3 Å². The highest BCUT2D eigenvalue weighted by Crippen LogP contribution is 2.38. The number of aryl methyl sites for hydroxylation is 1. The fourth-order valence-electron chi connectivity index (χ4n) is 3.64. The van der Waals surface area contributed by atoms with Gasteiger partial charge in [-0.3, -0.25) is 14.6 Å². The van der Waals surface area contributed by atoms with Crippen molar-refractivity contribution >= 4 is 23.2 Å². The maximum atomic E-state index is 13.1. The molecule has 0 unspecified atom stereocenters. The van der Waals surface area contributed by atoms with E-state index in [-0.39, 0.29) is 23.7 Å². The van der Waals surface area contributed by atoms with Crippen LogP contribution in [0.1, 0.15) is 22.5 Å². The van der Waals surface area contributed by atoms with Crippen molar-refractivity contribution in [1.29, 1.82) is 5.26 Å². The summed E-state index contributed by atoms with van der Waals surface area (Å²) in [6.07, 6.45) is -2.99. The van der Waals surface area contributed by atoms with Crippen molar-refractivity contribution in [3.63, 3.8) is 0 Å². The van der Waals surface area contributed by atoms with Gasteiger partial charge >= 0.3 is 6.18 Å². The topological polar surface area (TPSA) is 99.0 Å². The first-order chi connectivity index (χ1) is 15.7. The van der Waals surface area contributed by atoms with Crippen molar-refractivity contribution in [3.05, 3.63) is 71.2 Å². The van der Waals surface area contributed by atoms with Crippen molar-refractivity contribution in [2.24, 2.45) is 0 Å². The number of carbonyl (C=O) groups is 2. The number of hydrogen-bond donors (Lipinski definition) is 1. The van der Waals surface area contributed by atoms with Gasteiger partial charge in [-0.05, 0) is 48.9 Å². The van der Waals surface area contributed by atoms with Crippen LogP contribution in [0.4, 0.5) is 24.5 Å². The number of rotatable bonds is 3. The van der Waals surface area contributed by atoms with E-state index < -0.39 is 24.2 Å². The van der Waals surface area contributed by atoms with Crippen LogP contribution in [0.3, 0.4) is 0 Å². The number of halogens is 3. The number of fused-ring (bicyclic) bond motifs is 3. The number of carbonyl (C=O) groups excluding carboxylic acids is 2. The van der Waals surface area contributed by atoms with E-state index in [9.17, 15) is 28.0 Å². The van der Waals surface area contributed by atoms with E-state index >= 15 is 0 Å². The Labute approximate surface area is 186 Å². The Bertz CT molecular complexity index is 1300. The number of amides is 2. The van der Waals surface area contributed by atoms with Crippen LogP contribution < -0.4 is 10.2 Å². The smallest absolute Gasteiger partial charge is 0.325 e. The molecular weight excluding hydrogens is 435 g/mol. The molecular formula is C23H16F3N5O2. The molecule has 1 aliphatic rings. The van der Waals surface area contributed by atoms with Gasteiger partial charge in [-0.1, -0.05) is 6.07 Å². The summed E-state index contributed by atoms with van der Waals surface area (Å²) < 4.78 is 38.3. The molecule has 2 amide bonds. The van der Waals surface area contributed by atoms with Gasteiger partial charge in [0.2, 0.25) is 11.8 Å². The fourth-order valence-corrected chi connectivity index (χ4v) is 3.64. The van der Waals surface area contributed by atoms with E-state index in [4.69, 9.17) is 0 Å². The third-order valence-corrected chi connectivity index (χ3v) is 5.09. The van der Waals surface area contributed by atoms with Gasteiger partial charge in [-0.25, -0.2) is 4.98 Å². The average Bonchev–Trinajstić information content (AvgIpc) is 2.87. The lowest BCUT2D eigenvalue weighted by Gasteiger charge is -2.23. The Balaban J connectivity index is 1.67. The highest BCUT2D eigenvalue weighted by molar-refractivity contribution is 6.07. The van der Waals surface area contributed by atoms with Crippen LogP contribution in [0.5, 0.6) is 0 Å². The highest BCUT2D eigenvalue weighted by Gasteiger charge is 2.32. The van der Waals surface area contributed by atoms with Crippen LogP contribution in [0.15, 0.2) is 48.7 Å². The Hall–Kier alpha value is -4.26. The number of nitriles is 1. The molecule has 3 aromatic rings. The highest BCUT2D eigenvalue weighted by atomic mass is 19.4. The zero-order valence-corrected chi connectivity index (χ0v) is 17.3. The Morgan fingerprint density at radius 1 is 1.24 bits per heavy atom. The van der Waals surface area contributed by atoms with Gasteiger partial charge in [0.05, 0.1) is 28.9 Å². The first kappa shape index (κ1) is 22.0. The van der Waals surface area contributed by atoms with Gasteiger partial charge < -0.3 is 10.2 Å². The van der Waals surface area contributed by atoms with Gasteiger partial charge in [0, 0.05) is 17.6 Å². The quantitative estimate of drug-likeness (QED) is 0.652. The maximum absolute atomic E-state index is 13.1. The van der Waals surface area contributed by atoms with Gasteiger partial charge in [-0.15, -0.1) is 0 Å². The average molecular weight is 451 g/mol. The molecule has 166 valence electrons. The molecule has 0 saturated carbocycles. The number of aromatic nitrogens is 2. The molecule has 0 radical (unpaired) electrons. The lowest BCUT2D eigenvalue weighted by Crippen LogP contribution is -2.38. The normalized spacial score (nSPS) is 12.9. The Morgan fingerprint density at radius 2 is 1.97 bits per heavy atom. The van der Waals surface area contributed by atoms with Gasteiger partial charge in [0.1, 0.15) is 12.6 Å². The molecule has 10 heteroatoms. The largest absolute Gasteiger partial charge is 0.416 e. The molecule has 0 aliphatic carbocycles. The second-order valence-corrected chi connectivity index (χ2v) is 7.41. The summed E-state index contributed by atoms with van der Waals surface area (Å²) in [5.41, 5.74) is 1.58. The van der Waals surface area contributed by atoms with Gasteiger partial charge in [-0.2, -0.15) is 18.4 Å². The molecule has 33 heavy (non-hydrogen) atoms. The zero-order valence-electron chi connectivity index (χ0n) is 17.3. The number of nitrogens with one attached hydrogen (secondary N) is 1. The molecule has 0 atom stereocenters. The number of anilines is 2.